The molecule has 0 fully saturated rings. The Morgan fingerprint density at radius 3 is 2.37 bits per heavy atom. The molecular weight excluding hydrogens is 416 g/mol. The first-order chi connectivity index (χ1) is 14.4. The Morgan fingerprint density at radius 1 is 0.967 bits per heavy atom. The number of rotatable bonds is 5. The second-order valence-electron chi connectivity index (χ2n) is 6.88. The first-order valence-corrected chi connectivity index (χ1v) is 11.3. The summed E-state index contributed by atoms with van der Waals surface area (Å²) in [7, 11) is -1.03. The molecule has 0 aliphatic heterocycles. The van der Waals surface area contributed by atoms with Gasteiger partial charge in [-0.15, -0.1) is 0 Å². The minimum absolute atomic E-state index is 0.108. The molecular formula is C24H19ClN2O2S. The van der Waals surface area contributed by atoms with Crippen LogP contribution in [0.15, 0.2) is 83.9 Å². The molecule has 4 rings (SSSR count). The lowest BCUT2D eigenvalue weighted by Crippen LogP contribution is -1.96. The summed E-state index contributed by atoms with van der Waals surface area (Å²) in [5.74, 6) is 0.505. The van der Waals surface area contributed by atoms with Crippen molar-refractivity contribution in [2.75, 3.05) is 6.26 Å². The molecule has 0 aliphatic carbocycles. The summed E-state index contributed by atoms with van der Waals surface area (Å²) in [6, 6.07) is 23.1. The van der Waals surface area contributed by atoms with Gasteiger partial charge in [0.05, 0.1) is 5.02 Å². The van der Waals surface area contributed by atoms with Gasteiger partial charge in [-0.25, -0.2) is 4.98 Å². The summed E-state index contributed by atoms with van der Waals surface area (Å²) in [6.45, 7) is 1.50. The quantitative estimate of drug-likeness (QED) is 0.373. The van der Waals surface area contributed by atoms with Crippen molar-refractivity contribution in [3.05, 3.63) is 89.7 Å². The highest BCUT2D eigenvalue weighted by atomic mass is 35.5. The van der Waals surface area contributed by atoms with Crippen LogP contribution in [0.1, 0.15) is 17.4 Å². The van der Waals surface area contributed by atoms with Crippen molar-refractivity contribution >= 4 is 28.2 Å². The zero-order valence-corrected chi connectivity index (χ0v) is 18.1. The fourth-order valence-electron chi connectivity index (χ4n) is 3.25. The van der Waals surface area contributed by atoms with Crippen molar-refractivity contribution in [2.45, 2.75) is 11.8 Å². The average molecular weight is 435 g/mol. The Hall–Kier alpha value is -3.02. The molecule has 0 amide bonds. The molecule has 30 heavy (non-hydrogen) atoms. The van der Waals surface area contributed by atoms with Gasteiger partial charge in [0.1, 0.15) is 11.5 Å². The van der Waals surface area contributed by atoms with Crippen LogP contribution in [0.5, 0.6) is 0 Å². The third-order valence-corrected chi connectivity index (χ3v) is 6.07. The molecule has 1 aromatic heterocycles. The minimum Gasteiger partial charge on any atom is -0.299 e. The van der Waals surface area contributed by atoms with Gasteiger partial charge in [0.25, 0.3) is 0 Å². The summed E-state index contributed by atoms with van der Waals surface area (Å²) in [5.41, 5.74) is 4.01. The number of imidazole rings is 1. The Labute approximate surface area is 182 Å². The van der Waals surface area contributed by atoms with Crippen molar-refractivity contribution in [3.63, 3.8) is 0 Å². The van der Waals surface area contributed by atoms with Crippen LogP contribution in [-0.2, 0) is 10.8 Å². The van der Waals surface area contributed by atoms with Crippen molar-refractivity contribution in [2.24, 2.45) is 0 Å². The van der Waals surface area contributed by atoms with E-state index >= 15 is 0 Å². The second kappa shape index (κ2) is 8.38. The van der Waals surface area contributed by atoms with Gasteiger partial charge < -0.3 is 0 Å². The highest BCUT2D eigenvalue weighted by Crippen LogP contribution is 2.30. The first-order valence-electron chi connectivity index (χ1n) is 9.33. The van der Waals surface area contributed by atoms with Crippen molar-refractivity contribution in [3.8, 4) is 28.2 Å². The minimum atomic E-state index is -1.03. The maximum atomic E-state index is 12.0. The highest BCUT2D eigenvalue weighted by molar-refractivity contribution is 7.84. The van der Waals surface area contributed by atoms with Gasteiger partial charge in [-0.2, -0.15) is 0 Å². The van der Waals surface area contributed by atoms with Crippen LogP contribution in [0.25, 0.3) is 28.2 Å². The van der Waals surface area contributed by atoms with E-state index in [1.807, 2.05) is 71.3 Å². The fraction of sp³-hybridized carbons (Fsp3) is 0.0833. The largest absolute Gasteiger partial charge is 0.299 e. The van der Waals surface area contributed by atoms with E-state index in [1.54, 1.807) is 18.5 Å². The van der Waals surface area contributed by atoms with E-state index < -0.39 is 10.8 Å². The van der Waals surface area contributed by atoms with Gasteiger partial charge in [0.15, 0.2) is 5.78 Å². The lowest BCUT2D eigenvalue weighted by Gasteiger charge is -2.10. The number of halogens is 1. The van der Waals surface area contributed by atoms with Crippen LogP contribution in [0, 0.1) is 0 Å². The van der Waals surface area contributed by atoms with E-state index in [0.717, 1.165) is 27.3 Å². The molecule has 4 aromatic rings. The standard InChI is InChI=1S/C24H19ClN2O2S/c1-16(28)23-15-27(24(26-23)21-8-3-4-9-22(21)25)19-12-10-17(11-13-19)18-6-5-7-20(14-18)30(2)29/h3-15H,1-2H3. The van der Waals surface area contributed by atoms with Crippen LogP contribution < -0.4 is 0 Å². The molecule has 0 N–H and O–H groups in total. The maximum absolute atomic E-state index is 12.0. The van der Waals surface area contributed by atoms with E-state index in [0.29, 0.717) is 16.5 Å². The molecule has 1 atom stereocenters. The molecule has 0 saturated heterocycles. The zero-order chi connectivity index (χ0) is 21.3. The van der Waals surface area contributed by atoms with Gasteiger partial charge >= 0.3 is 0 Å². The summed E-state index contributed by atoms with van der Waals surface area (Å²) >= 11 is 6.39. The number of carbonyl (C=O) groups excluding carboxylic acids is 1. The number of ketones is 1. The van der Waals surface area contributed by atoms with Crippen LogP contribution in [0.4, 0.5) is 0 Å². The zero-order valence-electron chi connectivity index (χ0n) is 16.5. The predicted molar refractivity (Wildman–Crippen MR) is 122 cm³/mol. The Morgan fingerprint density at radius 2 is 1.70 bits per heavy atom. The number of Topliss-reactive ketones (excluding diaryl/α,β-unsaturated/α-hetero) is 1. The lowest BCUT2D eigenvalue weighted by atomic mass is 10.1. The van der Waals surface area contributed by atoms with Crippen molar-refractivity contribution in [1.82, 2.24) is 9.55 Å². The molecule has 0 bridgehead atoms. The van der Waals surface area contributed by atoms with E-state index in [1.165, 1.54) is 6.92 Å². The molecule has 0 radical (unpaired) electrons. The van der Waals surface area contributed by atoms with Gasteiger partial charge in [0, 0.05) is 46.3 Å². The second-order valence-corrected chi connectivity index (χ2v) is 8.67. The summed E-state index contributed by atoms with van der Waals surface area (Å²) in [6.07, 6.45) is 3.40. The number of aromatic nitrogens is 2. The maximum Gasteiger partial charge on any atom is 0.179 e. The molecule has 6 heteroatoms. The number of carbonyl (C=O) groups is 1. The lowest BCUT2D eigenvalue weighted by molar-refractivity contribution is 0.101. The SMILES string of the molecule is CC(=O)c1cn(-c2ccc(-c3cccc(S(C)=O)c3)cc2)c(-c2ccccc2Cl)n1. The molecule has 3 aromatic carbocycles. The molecule has 0 aliphatic rings. The smallest absolute Gasteiger partial charge is 0.179 e. The van der Waals surface area contributed by atoms with Crippen LogP contribution in [-0.4, -0.2) is 25.8 Å². The van der Waals surface area contributed by atoms with Gasteiger partial charge in [-0.1, -0.05) is 48.0 Å². The first kappa shape index (κ1) is 20.3. The molecule has 4 nitrogen and oxygen atoms in total. The van der Waals surface area contributed by atoms with Gasteiger partial charge in [-0.05, 0) is 47.5 Å². The van der Waals surface area contributed by atoms with Crippen molar-refractivity contribution in [1.29, 1.82) is 0 Å². The van der Waals surface area contributed by atoms with Gasteiger partial charge in [0.2, 0.25) is 0 Å². The average Bonchev–Trinajstić information content (AvgIpc) is 3.20. The van der Waals surface area contributed by atoms with Gasteiger partial charge in [-0.3, -0.25) is 13.6 Å². The van der Waals surface area contributed by atoms with Crippen molar-refractivity contribution < 1.29 is 9.00 Å². The van der Waals surface area contributed by atoms with E-state index in [2.05, 4.69) is 4.98 Å². The third-order valence-electron chi connectivity index (χ3n) is 4.83. The van der Waals surface area contributed by atoms with E-state index in [4.69, 9.17) is 11.6 Å². The number of benzene rings is 3. The van der Waals surface area contributed by atoms with E-state index in [9.17, 15) is 9.00 Å². The Kier molecular flexibility index (Phi) is 5.66. The number of nitrogens with zero attached hydrogens (tertiary/aromatic N) is 2. The summed E-state index contributed by atoms with van der Waals surface area (Å²) in [5, 5.41) is 0.570. The Bertz CT molecular complexity index is 1260. The van der Waals surface area contributed by atoms with Crippen LogP contribution in [0.2, 0.25) is 5.02 Å². The van der Waals surface area contributed by atoms with Crippen LogP contribution in [0.3, 0.4) is 0 Å². The Balaban J connectivity index is 1.78. The molecule has 0 saturated carbocycles. The molecule has 1 unspecified atom stereocenters. The summed E-state index contributed by atoms with van der Waals surface area (Å²) < 4.78 is 13.7. The molecule has 150 valence electrons. The molecule has 1 heterocycles. The summed E-state index contributed by atoms with van der Waals surface area (Å²) in [4.78, 5) is 17.3. The third kappa shape index (κ3) is 3.99. The van der Waals surface area contributed by atoms with Crippen LogP contribution >= 0.6 is 11.6 Å². The normalized spacial score (nSPS) is 12.0. The fourth-order valence-corrected chi connectivity index (χ4v) is 4.03. The van der Waals surface area contributed by atoms with E-state index in [-0.39, 0.29) is 5.78 Å². The predicted octanol–water partition coefficient (Wildman–Crippen LogP) is 5.80. The number of hydrogen-bond donors (Lipinski definition) is 0. The topological polar surface area (TPSA) is 52.0 Å². The monoisotopic (exact) mass is 434 g/mol. The highest BCUT2D eigenvalue weighted by Gasteiger charge is 2.16. The molecule has 0 spiro atoms. The number of hydrogen-bond acceptors (Lipinski definition) is 3.